The number of ether oxygens (including phenoxy) is 2. The Morgan fingerprint density at radius 1 is 1.60 bits per heavy atom. The number of hydrogen-bond donors (Lipinski definition) is 1. The molecule has 0 aliphatic rings. The lowest BCUT2D eigenvalue weighted by atomic mass is 10.1. The van der Waals surface area contributed by atoms with Gasteiger partial charge in [0, 0.05) is 12.7 Å². The average molecular weight is 214 g/mol. The van der Waals surface area contributed by atoms with Crippen molar-refractivity contribution in [1.82, 2.24) is 0 Å². The van der Waals surface area contributed by atoms with Gasteiger partial charge in [0.05, 0.1) is 26.4 Å². The molecule has 0 aliphatic carbocycles. The Hall–Kier alpha value is -1.33. The van der Waals surface area contributed by atoms with E-state index in [9.17, 15) is 9.90 Å². The van der Waals surface area contributed by atoms with Crippen molar-refractivity contribution in [2.45, 2.75) is 19.1 Å². The molecular formula is C10H14O5. The van der Waals surface area contributed by atoms with Crippen molar-refractivity contribution >= 4 is 5.97 Å². The third-order valence-electron chi connectivity index (χ3n) is 1.97. The van der Waals surface area contributed by atoms with Crippen molar-refractivity contribution in [1.29, 1.82) is 0 Å². The van der Waals surface area contributed by atoms with E-state index in [2.05, 4.69) is 4.74 Å². The highest BCUT2D eigenvalue weighted by molar-refractivity contribution is 5.69. The minimum Gasteiger partial charge on any atom is -0.469 e. The summed E-state index contributed by atoms with van der Waals surface area (Å²) in [6.07, 6.45) is 0.336. The van der Waals surface area contributed by atoms with Crippen LogP contribution in [0.3, 0.4) is 0 Å². The highest BCUT2D eigenvalue weighted by Gasteiger charge is 2.19. The van der Waals surface area contributed by atoms with Crippen LogP contribution in [0.2, 0.25) is 0 Å². The van der Waals surface area contributed by atoms with E-state index >= 15 is 0 Å². The van der Waals surface area contributed by atoms with Gasteiger partial charge in [-0.2, -0.15) is 0 Å². The molecule has 1 heterocycles. The first-order chi connectivity index (χ1) is 7.19. The first kappa shape index (κ1) is 11.7. The van der Waals surface area contributed by atoms with Crippen molar-refractivity contribution < 1.29 is 23.8 Å². The van der Waals surface area contributed by atoms with Gasteiger partial charge in [0.1, 0.15) is 11.9 Å². The fourth-order valence-electron chi connectivity index (χ4n) is 1.25. The zero-order chi connectivity index (χ0) is 11.3. The topological polar surface area (TPSA) is 68.9 Å². The van der Waals surface area contributed by atoms with Gasteiger partial charge in [0.15, 0.2) is 0 Å². The summed E-state index contributed by atoms with van der Waals surface area (Å²) in [5.74, 6) is -0.135. The van der Waals surface area contributed by atoms with Crippen LogP contribution in [0.1, 0.15) is 23.8 Å². The van der Waals surface area contributed by atoms with Crippen molar-refractivity contribution in [3.05, 3.63) is 23.7 Å². The van der Waals surface area contributed by atoms with Gasteiger partial charge in [-0.1, -0.05) is 0 Å². The zero-order valence-electron chi connectivity index (χ0n) is 8.73. The number of methoxy groups -OCH3 is 2. The molecule has 0 saturated carbocycles. The quantitative estimate of drug-likeness (QED) is 0.741. The Bertz CT molecular complexity index is 317. The maximum Gasteiger partial charge on any atom is 0.308 e. The molecule has 5 heteroatoms. The van der Waals surface area contributed by atoms with Crippen LogP contribution in [0, 0.1) is 0 Å². The molecule has 0 aromatic carbocycles. The van der Waals surface area contributed by atoms with Crippen molar-refractivity contribution in [3.8, 4) is 0 Å². The van der Waals surface area contributed by atoms with E-state index < -0.39 is 12.1 Å². The molecule has 1 rings (SSSR count). The second kappa shape index (κ2) is 5.53. The lowest BCUT2D eigenvalue weighted by Crippen LogP contribution is -2.09. The molecule has 0 bridgehead atoms. The van der Waals surface area contributed by atoms with Crippen LogP contribution in [-0.2, 0) is 20.9 Å². The van der Waals surface area contributed by atoms with Crippen LogP contribution in [0.5, 0.6) is 0 Å². The molecule has 1 N–H and O–H groups in total. The summed E-state index contributed by atoms with van der Waals surface area (Å²) in [5.41, 5.74) is 0.730. The van der Waals surface area contributed by atoms with Crippen molar-refractivity contribution in [3.63, 3.8) is 0 Å². The number of carbonyl (C=O) groups excluding carboxylic acids is 1. The molecule has 0 radical (unpaired) electrons. The average Bonchev–Trinajstić information content (AvgIpc) is 2.66. The molecule has 1 aromatic heterocycles. The highest BCUT2D eigenvalue weighted by atomic mass is 16.5. The van der Waals surface area contributed by atoms with Crippen LogP contribution < -0.4 is 0 Å². The van der Waals surface area contributed by atoms with Crippen LogP contribution in [0.4, 0.5) is 0 Å². The Balaban J connectivity index is 2.68. The molecular weight excluding hydrogens is 200 g/mol. The van der Waals surface area contributed by atoms with Crippen LogP contribution in [0.25, 0.3) is 0 Å². The summed E-state index contributed by atoms with van der Waals surface area (Å²) in [6.45, 7) is 0.337. The molecule has 84 valence electrons. The first-order valence-electron chi connectivity index (χ1n) is 4.49. The van der Waals surface area contributed by atoms with Crippen LogP contribution in [-0.4, -0.2) is 25.3 Å². The third-order valence-corrected chi connectivity index (χ3v) is 1.97. The maximum atomic E-state index is 10.9. The summed E-state index contributed by atoms with van der Waals surface area (Å²) >= 11 is 0. The molecule has 0 amide bonds. The van der Waals surface area contributed by atoms with Gasteiger partial charge in [0.25, 0.3) is 0 Å². The predicted molar refractivity (Wildman–Crippen MR) is 51.0 cm³/mol. The predicted octanol–water partition coefficient (Wildman–Crippen LogP) is 1.02. The van der Waals surface area contributed by atoms with Gasteiger partial charge >= 0.3 is 5.97 Å². The molecule has 1 atom stereocenters. The summed E-state index contributed by atoms with van der Waals surface area (Å²) in [4.78, 5) is 10.9. The molecule has 1 unspecified atom stereocenters. The van der Waals surface area contributed by atoms with Crippen molar-refractivity contribution in [2.24, 2.45) is 0 Å². The third kappa shape index (κ3) is 3.07. The minimum absolute atomic E-state index is 0.124. The van der Waals surface area contributed by atoms with Gasteiger partial charge in [-0.05, 0) is 6.07 Å². The Kier molecular flexibility index (Phi) is 4.33. The van der Waals surface area contributed by atoms with E-state index in [0.717, 1.165) is 5.56 Å². The molecule has 0 spiro atoms. The molecule has 0 aliphatic heterocycles. The van der Waals surface area contributed by atoms with Crippen LogP contribution >= 0.6 is 0 Å². The fourth-order valence-corrected chi connectivity index (χ4v) is 1.25. The van der Waals surface area contributed by atoms with Gasteiger partial charge in [0.2, 0.25) is 0 Å². The molecule has 0 saturated heterocycles. The second-order valence-corrected chi connectivity index (χ2v) is 3.04. The van der Waals surface area contributed by atoms with Gasteiger partial charge in [-0.3, -0.25) is 4.79 Å². The number of hydrogen-bond acceptors (Lipinski definition) is 5. The van der Waals surface area contributed by atoms with E-state index in [4.69, 9.17) is 9.15 Å². The number of aliphatic hydroxyl groups excluding tert-OH is 1. The lowest BCUT2D eigenvalue weighted by Gasteiger charge is -2.08. The van der Waals surface area contributed by atoms with Gasteiger partial charge in [-0.15, -0.1) is 0 Å². The smallest absolute Gasteiger partial charge is 0.308 e. The second-order valence-electron chi connectivity index (χ2n) is 3.04. The Morgan fingerprint density at radius 3 is 2.93 bits per heavy atom. The number of furan rings is 1. The molecule has 0 fully saturated rings. The number of esters is 1. The summed E-state index contributed by atoms with van der Waals surface area (Å²) in [5, 5.41) is 9.67. The number of rotatable bonds is 5. The minimum atomic E-state index is -0.988. The summed E-state index contributed by atoms with van der Waals surface area (Å²) < 4.78 is 14.5. The fraction of sp³-hybridized carbons (Fsp3) is 0.500. The van der Waals surface area contributed by atoms with Crippen molar-refractivity contribution in [2.75, 3.05) is 14.2 Å². The number of aliphatic hydroxyl groups is 1. The normalized spacial score (nSPS) is 12.5. The number of carbonyl (C=O) groups is 1. The standard InChI is InChI=1S/C10H14O5/c1-13-6-7-3-4-15-10(7)8(11)5-9(12)14-2/h3-4,8,11H,5-6H2,1-2H3. The van der Waals surface area contributed by atoms with E-state index in [1.165, 1.54) is 13.4 Å². The first-order valence-corrected chi connectivity index (χ1v) is 4.49. The highest BCUT2D eigenvalue weighted by Crippen LogP contribution is 2.22. The largest absolute Gasteiger partial charge is 0.469 e. The van der Waals surface area contributed by atoms with E-state index in [0.29, 0.717) is 12.4 Å². The monoisotopic (exact) mass is 214 g/mol. The lowest BCUT2D eigenvalue weighted by molar-refractivity contribution is -0.143. The Morgan fingerprint density at radius 2 is 2.33 bits per heavy atom. The van der Waals surface area contributed by atoms with Gasteiger partial charge < -0.3 is 19.0 Å². The van der Waals surface area contributed by atoms with E-state index in [1.807, 2.05) is 0 Å². The molecule has 15 heavy (non-hydrogen) atoms. The van der Waals surface area contributed by atoms with Crippen LogP contribution in [0.15, 0.2) is 16.7 Å². The van der Waals surface area contributed by atoms with E-state index in [1.54, 1.807) is 13.2 Å². The summed E-state index contributed by atoms with van der Waals surface area (Å²) in [7, 11) is 2.82. The molecule has 1 aromatic rings. The Labute approximate surface area is 87.6 Å². The maximum absolute atomic E-state index is 10.9. The van der Waals surface area contributed by atoms with E-state index in [-0.39, 0.29) is 6.42 Å². The zero-order valence-corrected chi connectivity index (χ0v) is 8.73. The van der Waals surface area contributed by atoms with Gasteiger partial charge in [-0.25, -0.2) is 0 Å². The molecule has 5 nitrogen and oxygen atoms in total. The summed E-state index contributed by atoms with van der Waals surface area (Å²) in [6, 6.07) is 1.69. The SMILES string of the molecule is COCc1ccoc1C(O)CC(=O)OC.